The van der Waals surface area contributed by atoms with Crippen LogP contribution in [0.5, 0.6) is 0 Å². The molecule has 0 aliphatic carbocycles. The molecule has 0 bridgehead atoms. The monoisotopic (exact) mass is 290 g/mol. The molecule has 20 heavy (non-hydrogen) atoms. The van der Waals surface area contributed by atoms with Gasteiger partial charge in [0.25, 0.3) is 5.91 Å². The van der Waals surface area contributed by atoms with E-state index < -0.39 is 0 Å². The minimum absolute atomic E-state index is 0.268. The number of nitrogens with two attached hydrogens (primary N) is 1. The van der Waals surface area contributed by atoms with Crippen molar-refractivity contribution in [2.75, 3.05) is 30.0 Å². The number of nitrogen functional groups attached to an aromatic ring is 1. The molecule has 5 nitrogen and oxygen atoms in total. The van der Waals surface area contributed by atoms with Crippen LogP contribution in [0.15, 0.2) is 36.5 Å². The number of nitrogens with one attached hydrogen (secondary N) is 1. The van der Waals surface area contributed by atoms with Gasteiger partial charge in [-0.25, -0.2) is 4.98 Å². The number of halogens is 1. The zero-order valence-corrected chi connectivity index (χ0v) is 12.0. The highest BCUT2D eigenvalue weighted by atomic mass is 35.5. The average Bonchev–Trinajstić information content (AvgIpc) is 2.41. The first-order valence-electron chi connectivity index (χ1n) is 5.97. The van der Waals surface area contributed by atoms with Crippen LogP contribution in [0.4, 0.5) is 17.2 Å². The van der Waals surface area contributed by atoms with Gasteiger partial charge >= 0.3 is 0 Å². The Hall–Kier alpha value is -2.27. The van der Waals surface area contributed by atoms with Crippen LogP contribution in [0.3, 0.4) is 0 Å². The lowest BCUT2D eigenvalue weighted by Crippen LogP contribution is -2.19. The maximum absolute atomic E-state index is 12.3. The molecular weight excluding hydrogens is 276 g/mol. The third-order valence-corrected chi connectivity index (χ3v) is 2.94. The largest absolute Gasteiger partial charge is 0.399 e. The SMILES string of the molecule is CN(C)c1ccc(N)cc1C(=O)Nc1ccc(Cl)cn1. The van der Waals surface area contributed by atoms with Gasteiger partial charge < -0.3 is 16.0 Å². The van der Waals surface area contributed by atoms with Gasteiger partial charge in [0.2, 0.25) is 0 Å². The number of nitrogens with zero attached hydrogens (tertiary/aromatic N) is 2. The Morgan fingerprint density at radius 1 is 1.30 bits per heavy atom. The molecule has 0 fully saturated rings. The summed E-state index contributed by atoms with van der Waals surface area (Å²) in [6.45, 7) is 0. The maximum Gasteiger partial charge on any atom is 0.258 e. The molecule has 104 valence electrons. The summed E-state index contributed by atoms with van der Waals surface area (Å²) in [4.78, 5) is 18.2. The molecule has 0 saturated heterocycles. The molecule has 6 heteroatoms. The van der Waals surface area contributed by atoms with Crippen LogP contribution < -0.4 is 16.0 Å². The number of pyridine rings is 1. The molecule has 0 aliphatic rings. The molecule has 2 aromatic rings. The van der Waals surface area contributed by atoms with E-state index in [2.05, 4.69) is 10.3 Å². The first-order valence-corrected chi connectivity index (χ1v) is 6.35. The Labute approximate surface area is 122 Å². The van der Waals surface area contributed by atoms with Crippen molar-refractivity contribution in [3.8, 4) is 0 Å². The summed E-state index contributed by atoms with van der Waals surface area (Å²) in [5, 5.41) is 3.23. The van der Waals surface area contributed by atoms with Crippen LogP contribution in [0.2, 0.25) is 5.02 Å². The molecule has 0 radical (unpaired) electrons. The second-order valence-electron chi connectivity index (χ2n) is 4.49. The van der Waals surface area contributed by atoms with Crippen LogP contribution in [0, 0.1) is 0 Å². The molecule has 1 heterocycles. The fourth-order valence-corrected chi connectivity index (χ4v) is 1.87. The van der Waals surface area contributed by atoms with Crippen LogP contribution in [0.25, 0.3) is 0 Å². The summed E-state index contributed by atoms with van der Waals surface area (Å²) in [5.41, 5.74) is 7.55. The molecular formula is C14H15ClN4O. The van der Waals surface area contributed by atoms with Crippen molar-refractivity contribution < 1.29 is 4.79 Å². The fourth-order valence-electron chi connectivity index (χ4n) is 1.76. The summed E-state index contributed by atoms with van der Waals surface area (Å²) in [7, 11) is 3.73. The van der Waals surface area contributed by atoms with Crippen LogP contribution >= 0.6 is 11.6 Å². The van der Waals surface area contributed by atoms with Gasteiger partial charge in [-0.1, -0.05) is 11.6 Å². The van der Waals surface area contributed by atoms with Crippen molar-refractivity contribution in [1.29, 1.82) is 0 Å². The molecule has 0 unspecified atom stereocenters. The van der Waals surface area contributed by atoms with E-state index in [4.69, 9.17) is 17.3 Å². The average molecular weight is 291 g/mol. The van der Waals surface area contributed by atoms with Crippen LogP contribution in [-0.2, 0) is 0 Å². The van der Waals surface area contributed by atoms with Crippen molar-refractivity contribution in [2.24, 2.45) is 0 Å². The lowest BCUT2D eigenvalue weighted by atomic mass is 10.1. The molecule has 0 spiro atoms. The molecule has 1 aromatic carbocycles. The number of hydrogen-bond acceptors (Lipinski definition) is 4. The van der Waals surface area contributed by atoms with Gasteiger partial charge in [-0.15, -0.1) is 0 Å². The van der Waals surface area contributed by atoms with Gasteiger partial charge in [0.05, 0.1) is 10.6 Å². The Bertz CT molecular complexity index is 626. The zero-order valence-electron chi connectivity index (χ0n) is 11.2. The summed E-state index contributed by atoms with van der Waals surface area (Å²) in [6.07, 6.45) is 1.48. The summed E-state index contributed by atoms with van der Waals surface area (Å²) < 4.78 is 0. The minimum atomic E-state index is -0.268. The molecule has 1 amide bonds. The lowest BCUT2D eigenvalue weighted by molar-refractivity contribution is 0.102. The van der Waals surface area contributed by atoms with Crippen molar-refractivity contribution in [1.82, 2.24) is 4.98 Å². The normalized spacial score (nSPS) is 10.2. The van der Waals surface area contributed by atoms with Gasteiger partial charge in [0, 0.05) is 31.7 Å². The van der Waals surface area contributed by atoms with Crippen LogP contribution in [-0.4, -0.2) is 25.0 Å². The topological polar surface area (TPSA) is 71.2 Å². The van der Waals surface area contributed by atoms with Crippen LogP contribution in [0.1, 0.15) is 10.4 Å². The third kappa shape index (κ3) is 3.19. The highest BCUT2D eigenvalue weighted by molar-refractivity contribution is 6.30. The van der Waals surface area contributed by atoms with Crippen molar-refractivity contribution in [2.45, 2.75) is 0 Å². The van der Waals surface area contributed by atoms with Gasteiger partial charge in [-0.05, 0) is 30.3 Å². The van der Waals surface area contributed by atoms with Crippen molar-refractivity contribution in [3.63, 3.8) is 0 Å². The molecule has 0 saturated carbocycles. The van der Waals surface area contributed by atoms with E-state index in [-0.39, 0.29) is 5.91 Å². The number of carbonyl (C=O) groups is 1. The predicted molar refractivity (Wildman–Crippen MR) is 82.4 cm³/mol. The summed E-state index contributed by atoms with van der Waals surface area (Å²) >= 11 is 5.75. The van der Waals surface area contributed by atoms with Gasteiger partial charge in [-0.2, -0.15) is 0 Å². The first kappa shape index (κ1) is 14.1. The van der Waals surface area contributed by atoms with E-state index in [1.54, 1.807) is 30.3 Å². The number of aromatic nitrogens is 1. The smallest absolute Gasteiger partial charge is 0.258 e. The highest BCUT2D eigenvalue weighted by Crippen LogP contribution is 2.22. The number of hydrogen-bond donors (Lipinski definition) is 2. The van der Waals surface area contributed by atoms with E-state index in [1.807, 2.05) is 19.0 Å². The van der Waals surface area contributed by atoms with E-state index >= 15 is 0 Å². The molecule has 1 aromatic heterocycles. The molecule has 2 rings (SSSR count). The number of benzene rings is 1. The molecule has 0 atom stereocenters. The van der Waals surface area contributed by atoms with Gasteiger partial charge in [-0.3, -0.25) is 4.79 Å². The third-order valence-electron chi connectivity index (χ3n) is 2.72. The summed E-state index contributed by atoms with van der Waals surface area (Å²) in [6, 6.07) is 8.50. The highest BCUT2D eigenvalue weighted by Gasteiger charge is 2.14. The zero-order chi connectivity index (χ0) is 14.7. The van der Waals surface area contributed by atoms with E-state index in [9.17, 15) is 4.79 Å². The van der Waals surface area contributed by atoms with E-state index in [0.29, 0.717) is 22.1 Å². The van der Waals surface area contributed by atoms with Crippen molar-refractivity contribution in [3.05, 3.63) is 47.1 Å². The Balaban J connectivity index is 2.28. The first-order chi connectivity index (χ1) is 9.47. The Morgan fingerprint density at radius 3 is 2.65 bits per heavy atom. The summed E-state index contributed by atoms with van der Waals surface area (Å²) in [5.74, 6) is 0.169. The van der Waals surface area contributed by atoms with Gasteiger partial charge in [0.15, 0.2) is 0 Å². The van der Waals surface area contributed by atoms with E-state index in [1.165, 1.54) is 6.20 Å². The second-order valence-corrected chi connectivity index (χ2v) is 4.92. The maximum atomic E-state index is 12.3. The molecule has 3 N–H and O–H groups in total. The number of rotatable bonds is 3. The Kier molecular flexibility index (Phi) is 4.10. The van der Waals surface area contributed by atoms with Crippen molar-refractivity contribution >= 4 is 34.7 Å². The minimum Gasteiger partial charge on any atom is -0.399 e. The number of anilines is 3. The quantitative estimate of drug-likeness (QED) is 0.853. The predicted octanol–water partition coefficient (Wildman–Crippen LogP) is 2.64. The standard InChI is InChI=1S/C14H15ClN4O/c1-19(2)12-5-4-10(16)7-11(12)14(20)18-13-6-3-9(15)8-17-13/h3-8H,16H2,1-2H3,(H,17,18,20). The lowest BCUT2D eigenvalue weighted by Gasteiger charge is -2.17. The second kappa shape index (κ2) is 5.79. The van der Waals surface area contributed by atoms with E-state index in [0.717, 1.165) is 5.69 Å². The Morgan fingerprint density at radius 2 is 2.05 bits per heavy atom. The number of carbonyl (C=O) groups excluding carboxylic acids is 1. The van der Waals surface area contributed by atoms with Gasteiger partial charge in [0.1, 0.15) is 5.82 Å². The molecule has 0 aliphatic heterocycles. The number of amides is 1. The fraction of sp³-hybridized carbons (Fsp3) is 0.143.